The number of amides is 3. The summed E-state index contributed by atoms with van der Waals surface area (Å²) in [6.45, 7) is 6.70. The van der Waals surface area contributed by atoms with Crippen molar-refractivity contribution in [1.82, 2.24) is 10.6 Å². The molecule has 3 amide bonds. The molecule has 0 aliphatic heterocycles. The third-order valence-corrected chi connectivity index (χ3v) is 3.29. The minimum absolute atomic E-state index is 0.172. The number of carbonyl (C=O) groups is 4. The molecular weight excluding hydrogens is 304 g/mol. The zero-order valence-corrected chi connectivity index (χ0v) is 13.8. The van der Waals surface area contributed by atoms with Crippen molar-refractivity contribution < 1.29 is 24.3 Å². The second-order valence-corrected chi connectivity index (χ2v) is 6.07. The molecule has 132 valence electrons. The smallest absolute Gasteiger partial charge is 0.326 e. The normalized spacial score (nSPS) is 14.9. The van der Waals surface area contributed by atoms with Crippen molar-refractivity contribution in [2.45, 2.75) is 52.2 Å². The predicted octanol–water partition coefficient (Wildman–Crippen LogP) is -1.44. The summed E-state index contributed by atoms with van der Waals surface area (Å²) in [6.07, 6.45) is -0.452. The number of hydrogen-bond donors (Lipinski definition) is 5. The second kappa shape index (κ2) is 9.09. The summed E-state index contributed by atoms with van der Waals surface area (Å²) >= 11 is 0. The van der Waals surface area contributed by atoms with E-state index < -0.39 is 48.2 Å². The van der Waals surface area contributed by atoms with Crippen LogP contribution in [0.2, 0.25) is 0 Å². The van der Waals surface area contributed by atoms with Crippen LogP contribution in [0.5, 0.6) is 0 Å². The van der Waals surface area contributed by atoms with Crippen LogP contribution in [0.3, 0.4) is 0 Å². The summed E-state index contributed by atoms with van der Waals surface area (Å²) in [5.74, 6) is -3.97. The minimum atomic E-state index is -1.27. The monoisotopic (exact) mass is 330 g/mol. The van der Waals surface area contributed by atoms with Crippen molar-refractivity contribution in [2.24, 2.45) is 23.3 Å². The van der Waals surface area contributed by atoms with Crippen molar-refractivity contribution >= 4 is 23.7 Å². The fourth-order valence-corrected chi connectivity index (χ4v) is 1.75. The molecule has 3 unspecified atom stereocenters. The molecule has 0 aromatic heterocycles. The first-order valence-corrected chi connectivity index (χ1v) is 7.34. The molecule has 9 heteroatoms. The van der Waals surface area contributed by atoms with Gasteiger partial charge in [-0.1, -0.05) is 27.7 Å². The van der Waals surface area contributed by atoms with E-state index in [0.29, 0.717) is 0 Å². The molecule has 0 saturated heterocycles. The first-order chi connectivity index (χ1) is 10.5. The first kappa shape index (κ1) is 20.8. The summed E-state index contributed by atoms with van der Waals surface area (Å²) < 4.78 is 0. The van der Waals surface area contributed by atoms with Crippen LogP contribution in [0.1, 0.15) is 34.1 Å². The van der Waals surface area contributed by atoms with E-state index >= 15 is 0 Å². The SMILES string of the molecule is CC(C)C(N)C(=O)NC(CC(N)=O)C(=O)NC(C(=O)O)C(C)C. The van der Waals surface area contributed by atoms with Crippen LogP contribution in [-0.2, 0) is 19.2 Å². The standard InChI is InChI=1S/C14H26N4O5/c1-6(2)10(16)13(21)17-8(5-9(15)19)12(20)18-11(7(3)4)14(22)23/h6-8,10-11H,5,16H2,1-4H3,(H2,15,19)(H,17,21)(H,18,20)(H,22,23). The van der Waals surface area contributed by atoms with Gasteiger partial charge < -0.3 is 27.2 Å². The number of primary amides is 1. The Morgan fingerprint density at radius 3 is 1.83 bits per heavy atom. The van der Waals surface area contributed by atoms with E-state index in [0.717, 1.165) is 0 Å². The Balaban J connectivity index is 5.09. The molecule has 0 heterocycles. The molecule has 3 atom stereocenters. The van der Waals surface area contributed by atoms with Crippen molar-refractivity contribution in [3.05, 3.63) is 0 Å². The molecular formula is C14H26N4O5. The van der Waals surface area contributed by atoms with Crippen LogP contribution < -0.4 is 22.1 Å². The average Bonchev–Trinajstić information content (AvgIpc) is 2.41. The van der Waals surface area contributed by atoms with E-state index in [4.69, 9.17) is 16.6 Å². The van der Waals surface area contributed by atoms with Gasteiger partial charge in [0.2, 0.25) is 17.7 Å². The van der Waals surface area contributed by atoms with Gasteiger partial charge in [0.15, 0.2) is 0 Å². The molecule has 7 N–H and O–H groups in total. The number of carboxylic acids is 1. The van der Waals surface area contributed by atoms with E-state index in [-0.39, 0.29) is 11.8 Å². The summed E-state index contributed by atoms with van der Waals surface area (Å²) in [4.78, 5) is 46.4. The second-order valence-electron chi connectivity index (χ2n) is 6.07. The zero-order chi connectivity index (χ0) is 18.3. The number of nitrogens with one attached hydrogen (secondary N) is 2. The third-order valence-electron chi connectivity index (χ3n) is 3.29. The summed E-state index contributed by atoms with van der Waals surface area (Å²) in [6, 6.07) is -3.28. The van der Waals surface area contributed by atoms with E-state index in [2.05, 4.69) is 10.6 Å². The summed E-state index contributed by atoms with van der Waals surface area (Å²) in [7, 11) is 0. The Kier molecular flexibility index (Phi) is 8.23. The Morgan fingerprint density at radius 1 is 0.957 bits per heavy atom. The lowest BCUT2D eigenvalue weighted by molar-refractivity contribution is -0.143. The highest BCUT2D eigenvalue weighted by molar-refractivity contribution is 5.94. The lowest BCUT2D eigenvalue weighted by Crippen LogP contribution is -2.57. The summed E-state index contributed by atoms with van der Waals surface area (Å²) in [5, 5.41) is 13.7. The topological polar surface area (TPSA) is 165 Å². The van der Waals surface area contributed by atoms with E-state index in [9.17, 15) is 19.2 Å². The maximum atomic E-state index is 12.2. The van der Waals surface area contributed by atoms with Crippen molar-refractivity contribution in [3.8, 4) is 0 Å². The largest absolute Gasteiger partial charge is 0.480 e. The quantitative estimate of drug-likeness (QED) is 0.347. The molecule has 0 aliphatic carbocycles. The lowest BCUT2D eigenvalue weighted by Gasteiger charge is -2.24. The zero-order valence-electron chi connectivity index (χ0n) is 13.8. The van der Waals surface area contributed by atoms with Gasteiger partial charge in [0.1, 0.15) is 12.1 Å². The number of carbonyl (C=O) groups excluding carboxylic acids is 3. The maximum absolute atomic E-state index is 12.2. The van der Waals surface area contributed by atoms with Gasteiger partial charge in [-0.15, -0.1) is 0 Å². The Hall–Kier alpha value is -2.16. The highest BCUT2D eigenvalue weighted by Crippen LogP contribution is 2.04. The summed E-state index contributed by atoms with van der Waals surface area (Å²) in [5.41, 5.74) is 10.8. The molecule has 9 nitrogen and oxygen atoms in total. The minimum Gasteiger partial charge on any atom is -0.480 e. The molecule has 0 spiro atoms. The number of carboxylic acid groups (broad SMARTS) is 1. The van der Waals surface area contributed by atoms with Gasteiger partial charge in [0.25, 0.3) is 0 Å². The van der Waals surface area contributed by atoms with Crippen LogP contribution in [0, 0.1) is 11.8 Å². The maximum Gasteiger partial charge on any atom is 0.326 e. The van der Waals surface area contributed by atoms with Crippen molar-refractivity contribution in [2.75, 3.05) is 0 Å². The first-order valence-electron chi connectivity index (χ1n) is 7.34. The molecule has 0 saturated carbocycles. The van der Waals surface area contributed by atoms with Crippen LogP contribution in [0.4, 0.5) is 0 Å². The van der Waals surface area contributed by atoms with Crippen LogP contribution in [0.25, 0.3) is 0 Å². The number of hydrogen-bond acceptors (Lipinski definition) is 5. The fraction of sp³-hybridized carbons (Fsp3) is 0.714. The number of nitrogens with two attached hydrogens (primary N) is 2. The molecule has 0 aromatic carbocycles. The van der Waals surface area contributed by atoms with E-state index in [1.165, 1.54) is 0 Å². The van der Waals surface area contributed by atoms with Crippen LogP contribution in [0.15, 0.2) is 0 Å². The van der Waals surface area contributed by atoms with Gasteiger partial charge in [-0.2, -0.15) is 0 Å². The van der Waals surface area contributed by atoms with Gasteiger partial charge in [0.05, 0.1) is 12.5 Å². The molecule has 0 rings (SSSR count). The molecule has 23 heavy (non-hydrogen) atoms. The van der Waals surface area contributed by atoms with Gasteiger partial charge in [-0.05, 0) is 11.8 Å². The number of rotatable bonds is 9. The van der Waals surface area contributed by atoms with Crippen LogP contribution >= 0.6 is 0 Å². The highest BCUT2D eigenvalue weighted by Gasteiger charge is 2.30. The lowest BCUT2D eigenvalue weighted by atomic mass is 10.0. The third kappa shape index (κ3) is 7.09. The van der Waals surface area contributed by atoms with Crippen molar-refractivity contribution in [3.63, 3.8) is 0 Å². The van der Waals surface area contributed by atoms with Gasteiger partial charge in [-0.3, -0.25) is 14.4 Å². The molecule has 0 aliphatic rings. The van der Waals surface area contributed by atoms with E-state index in [1.807, 2.05) is 0 Å². The average molecular weight is 330 g/mol. The fourth-order valence-electron chi connectivity index (χ4n) is 1.75. The molecule has 0 fully saturated rings. The van der Waals surface area contributed by atoms with Gasteiger partial charge in [0, 0.05) is 0 Å². The molecule has 0 radical (unpaired) electrons. The van der Waals surface area contributed by atoms with Gasteiger partial charge >= 0.3 is 5.97 Å². The Labute approximate surface area is 135 Å². The van der Waals surface area contributed by atoms with Crippen LogP contribution in [-0.4, -0.2) is 46.9 Å². The number of aliphatic carboxylic acids is 1. The van der Waals surface area contributed by atoms with E-state index in [1.54, 1.807) is 27.7 Å². The molecule has 0 aromatic rings. The Bertz CT molecular complexity index is 464. The van der Waals surface area contributed by atoms with Crippen molar-refractivity contribution in [1.29, 1.82) is 0 Å². The predicted molar refractivity (Wildman–Crippen MR) is 83.0 cm³/mol. The highest BCUT2D eigenvalue weighted by atomic mass is 16.4. The molecule has 0 bridgehead atoms. The van der Waals surface area contributed by atoms with Gasteiger partial charge in [-0.25, -0.2) is 4.79 Å². The Morgan fingerprint density at radius 2 is 1.48 bits per heavy atom.